The van der Waals surface area contributed by atoms with E-state index < -0.39 is 0 Å². The van der Waals surface area contributed by atoms with Crippen molar-refractivity contribution in [1.82, 2.24) is 9.97 Å². The maximum Gasteiger partial charge on any atom is 0.0559 e. The maximum atomic E-state index is 6.71. The summed E-state index contributed by atoms with van der Waals surface area (Å²) >= 11 is 13.4. The third-order valence-electron chi connectivity index (χ3n) is 6.03. The van der Waals surface area contributed by atoms with Crippen molar-refractivity contribution in [2.24, 2.45) is 0 Å². The fraction of sp³-hybridized carbons (Fsp3) is 0.0625. The van der Waals surface area contributed by atoms with E-state index in [9.17, 15) is 0 Å². The van der Waals surface area contributed by atoms with Crippen molar-refractivity contribution in [3.05, 3.63) is 120 Å². The quantitative estimate of drug-likeness (QED) is 0.253. The summed E-state index contributed by atoms with van der Waals surface area (Å²) in [7, 11) is 0. The Kier molecular flexibility index (Phi) is 8.47. The van der Waals surface area contributed by atoms with E-state index in [1.54, 1.807) is 24.3 Å². The number of allylic oxidation sites excluding steroid dienone is 10. The van der Waals surface area contributed by atoms with Gasteiger partial charge < -0.3 is 9.97 Å². The highest BCUT2D eigenvalue weighted by atomic mass is 35.5. The molecule has 36 heavy (non-hydrogen) atoms. The third kappa shape index (κ3) is 4.24. The topological polar surface area (TPSA) is 31.6 Å². The molecule has 0 radical (unpaired) electrons. The van der Waals surface area contributed by atoms with Crippen molar-refractivity contribution in [2.75, 3.05) is 0 Å². The van der Waals surface area contributed by atoms with Crippen molar-refractivity contribution in [2.45, 2.75) is 13.8 Å². The SMILES string of the molecule is C=C/C(Cl)=C(\C=C)c1c2[nH]c(/C=C\C)c(C=C)c2c(/C(C=C)=C(\Cl)C=C)c2[nH]c(/C=C\C)c(C=C)c12. The summed E-state index contributed by atoms with van der Waals surface area (Å²) in [6.45, 7) is 28.1. The number of hydrogen-bond donors (Lipinski definition) is 2. The Morgan fingerprint density at radius 3 is 1.22 bits per heavy atom. The van der Waals surface area contributed by atoms with Crippen molar-refractivity contribution in [1.29, 1.82) is 0 Å². The standard InChI is InChI=1S/C32H30Cl2N2/c1-9-17-25-21(13-5)29-27(19(11-3)23(33)15-7)32-30(22(14-6)26(36-32)18-10-2)28(31(29)35-25)20(12-4)24(34)16-8/h9-18,35-36H,3-8H2,1-2H3/b17-9-,18-10-,23-19-,24-20-. The van der Waals surface area contributed by atoms with Gasteiger partial charge in [-0.05, 0) is 26.0 Å². The molecular formula is C32H30Cl2N2. The largest absolute Gasteiger partial charge is 0.354 e. The molecule has 2 nitrogen and oxygen atoms in total. The lowest BCUT2D eigenvalue weighted by Gasteiger charge is -2.16. The van der Waals surface area contributed by atoms with Gasteiger partial charge in [-0.3, -0.25) is 0 Å². The van der Waals surface area contributed by atoms with Crippen molar-refractivity contribution < 1.29 is 0 Å². The first-order valence-electron chi connectivity index (χ1n) is 11.5. The Bertz CT molecular complexity index is 1440. The first-order chi connectivity index (χ1) is 17.4. The zero-order valence-electron chi connectivity index (χ0n) is 20.8. The van der Waals surface area contributed by atoms with Gasteiger partial charge in [0, 0.05) is 65.6 Å². The van der Waals surface area contributed by atoms with E-state index in [2.05, 4.69) is 49.4 Å². The molecule has 0 spiro atoms. The molecule has 0 aliphatic carbocycles. The van der Waals surface area contributed by atoms with E-state index in [0.29, 0.717) is 10.1 Å². The number of halogens is 2. The number of nitrogens with one attached hydrogen (secondary N) is 2. The lowest BCUT2D eigenvalue weighted by molar-refractivity contribution is 1.41. The first kappa shape index (κ1) is 26.9. The predicted molar refractivity (Wildman–Crippen MR) is 166 cm³/mol. The van der Waals surface area contributed by atoms with Gasteiger partial charge in [0.15, 0.2) is 0 Å². The number of rotatable bonds is 10. The number of aromatic nitrogens is 2. The summed E-state index contributed by atoms with van der Waals surface area (Å²) < 4.78 is 0. The second-order valence-electron chi connectivity index (χ2n) is 7.90. The summed E-state index contributed by atoms with van der Waals surface area (Å²) in [5.74, 6) is 0. The van der Waals surface area contributed by atoms with Gasteiger partial charge in [-0.25, -0.2) is 0 Å². The Balaban J connectivity index is 2.94. The molecule has 0 unspecified atom stereocenters. The smallest absolute Gasteiger partial charge is 0.0559 e. The molecule has 0 amide bonds. The number of aromatic amines is 2. The van der Waals surface area contributed by atoms with E-state index in [1.807, 2.05) is 50.3 Å². The second kappa shape index (κ2) is 11.3. The molecule has 0 fully saturated rings. The Hall–Kier alpha value is -3.72. The number of benzene rings is 1. The molecule has 0 saturated heterocycles. The van der Waals surface area contributed by atoms with Gasteiger partial charge in [0.05, 0.1) is 11.0 Å². The summed E-state index contributed by atoms with van der Waals surface area (Å²) in [5.41, 5.74) is 8.62. The van der Waals surface area contributed by atoms with E-state index in [4.69, 9.17) is 23.2 Å². The van der Waals surface area contributed by atoms with Crippen molar-refractivity contribution >= 4 is 80.5 Å². The molecule has 0 aliphatic heterocycles. The zero-order chi connectivity index (χ0) is 26.6. The minimum absolute atomic E-state index is 0.482. The number of hydrogen-bond acceptors (Lipinski definition) is 0. The lowest BCUT2D eigenvalue weighted by atomic mass is 9.88. The van der Waals surface area contributed by atoms with E-state index in [1.165, 1.54) is 0 Å². The monoisotopic (exact) mass is 512 g/mol. The molecule has 2 aromatic heterocycles. The van der Waals surface area contributed by atoms with Crippen LogP contribution in [0.3, 0.4) is 0 Å². The van der Waals surface area contributed by atoms with Crippen molar-refractivity contribution in [3.63, 3.8) is 0 Å². The Labute approximate surface area is 223 Å². The minimum atomic E-state index is 0.482. The van der Waals surface area contributed by atoms with Crippen LogP contribution in [-0.2, 0) is 0 Å². The first-order valence-corrected chi connectivity index (χ1v) is 12.2. The number of fused-ring (bicyclic) bond motifs is 2. The molecule has 1 aromatic carbocycles. The normalized spacial score (nSPS) is 13.2. The zero-order valence-corrected chi connectivity index (χ0v) is 22.3. The summed E-state index contributed by atoms with van der Waals surface area (Å²) in [4.78, 5) is 7.23. The van der Waals surface area contributed by atoms with Crippen LogP contribution in [0.15, 0.2) is 86.0 Å². The van der Waals surface area contributed by atoms with Crippen LogP contribution in [0.1, 0.15) is 47.5 Å². The highest BCUT2D eigenvalue weighted by Gasteiger charge is 2.27. The van der Waals surface area contributed by atoms with Crippen LogP contribution in [0, 0.1) is 0 Å². The van der Waals surface area contributed by atoms with Crippen LogP contribution in [0.25, 0.3) is 57.3 Å². The molecule has 2 heterocycles. The van der Waals surface area contributed by atoms with Gasteiger partial charge in [0.1, 0.15) is 0 Å². The summed E-state index contributed by atoms with van der Waals surface area (Å²) in [6, 6.07) is 0. The maximum absolute atomic E-state index is 6.71. The molecule has 3 aromatic rings. The molecule has 4 heteroatoms. The average molecular weight is 514 g/mol. The minimum Gasteiger partial charge on any atom is -0.354 e. The highest BCUT2D eigenvalue weighted by molar-refractivity contribution is 6.37. The lowest BCUT2D eigenvalue weighted by Crippen LogP contribution is -1.96. The van der Waals surface area contributed by atoms with Gasteiger partial charge in [-0.1, -0.05) is 111 Å². The van der Waals surface area contributed by atoms with Gasteiger partial charge in [-0.2, -0.15) is 0 Å². The van der Waals surface area contributed by atoms with E-state index >= 15 is 0 Å². The molecule has 2 N–H and O–H groups in total. The van der Waals surface area contributed by atoms with Crippen LogP contribution < -0.4 is 0 Å². The van der Waals surface area contributed by atoms with E-state index in [0.717, 1.165) is 66.6 Å². The molecule has 3 rings (SSSR count). The average Bonchev–Trinajstić information content (AvgIpc) is 3.43. The van der Waals surface area contributed by atoms with Gasteiger partial charge in [-0.15, -0.1) is 0 Å². The second-order valence-corrected chi connectivity index (χ2v) is 8.72. The molecular weight excluding hydrogens is 483 g/mol. The van der Waals surface area contributed by atoms with Crippen LogP contribution in [0.2, 0.25) is 0 Å². The van der Waals surface area contributed by atoms with E-state index in [-0.39, 0.29) is 0 Å². The summed E-state index contributed by atoms with van der Waals surface area (Å²) in [6.07, 6.45) is 18.4. The van der Waals surface area contributed by atoms with Crippen LogP contribution in [0.5, 0.6) is 0 Å². The molecule has 0 atom stereocenters. The van der Waals surface area contributed by atoms with Gasteiger partial charge >= 0.3 is 0 Å². The molecule has 182 valence electrons. The molecule has 0 saturated carbocycles. The Morgan fingerprint density at radius 2 is 0.972 bits per heavy atom. The van der Waals surface area contributed by atoms with Crippen LogP contribution in [-0.4, -0.2) is 9.97 Å². The fourth-order valence-electron chi connectivity index (χ4n) is 4.63. The predicted octanol–water partition coefficient (Wildman–Crippen LogP) is 10.6. The van der Waals surface area contributed by atoms with Crippen LogP contribution in [0.4, 0.5) is 0 Å². The highest BCUT2D eigenvalue weighted by Crippen LogP contribution is 2.47. The van der Waals surface area contributed by atoms with Crippen molar-refractivity contribution in [3.8, 4) is 0 Å². The van der Waals surface area contributed by atoms with Gasteiger partial charge in [0.25, 0.3) is 0 Å². The summed E-state index contributed by atoms with van der Waals surface area (Å²) in [5, 5.41) is 2.81. The molecule has 0 bridgehead atoms. The van der Waals surface area contributed by atoms with Gasteiger partial charge in [0.2, 0.25) is 0 Å². The van der Waals surface area contributed by atoms with Crippen LogP contribution >= 0.6 is 23.2 Å². The molecule has 0 aliphatic rings. The fourth-order valence-corrected chi connectivity index (χ4v) is 4.97. The number of H-pyrrole nitrogens is 2. The third-order valence-corrected chi connectivity index (χ3v) is 6.75. The Morgan fingerprint density at radius 1 is 0.611 bits per heavy atom.